The predicted octanol–water partition coefficient (Wildman–Crippen LogP) is 2.15. The standard InChI is InChI=1S/C23H28N2O6/c1-2-28-23(27)19-5-3-4-6-20(19)25-11-9-24(10-12-25)14-17(26)15-29-18-7-8-21-22(13-18)31-16-30-21/h3-8,13,17,26H,2,9-12,14-16H2,1H3. The van der Waals surface area contributed by atoms with E-state index in [9.17, 15) is 9.90 Å². The minimum Gasteiger partial charge on any atom is -0.491 e. The smallest absolute Gasteiger partial charge is 0.340 e. The van der Waals surface area contributed by atoms with Crippen molar-refractivity contribution in [3.63, 3.8) is 0 Å². The van der Waals surface area contributed by atoms with E-state index in [1.54, 1.807) is 31.2 Å². The summed E-state index contributed by atoms with van der Waals surface area (Å²) in [6.07, 6.45) is -0.608. The molecule has 0 aliphatic carbocycles. The van der Waals surface area contributed by atoms with Crippen molar-refractivity contribution in [2.24, 2.45) is 0 Å². The molecular weight excluding hydrogens is 400 g/mol. The van der Waals surface area contributed by atoms with Crippen molar-refractivity contribution in [3.05, 3.63) is 48.0 Å². The third-order valence-corrected chi connectivity index (χ3v) is 5.37. The normalized spacial score (nSPS) is 16.8. The van der Waals surface area contributed by atoms with E-state index in [1.807, 2.05) is 18.2 Å². The van der Waals surface area contributed by atoms with Crippen molar-refractivity contribution in [1.82, 2.24) is 4.90 Å². The molecule has 4 rings (SSSR count). The van der Waals surface area contributed by atoms with E-state index in [0.717, 1.165) is 31.9 Å². The molecule has 1 saturated heterocycles. The summed E-state index contributed by atoms with van der Waals surface area (Å²) >= 11 is 0. The van der Waals surface area contributed by atoms with Crippen LogP contribution in [-0.2, 0) is 4.74 Å². The van der Waals surface area contributed by atoms with E-state index in [4.69, 9.17) is 18.9 Å². The molecular formula is C23H28N2O6. The molecule has 0 saturated carbocycles. The van der Waals surface area contributed by atoms with Gasteiger partial charge in [0, 0.05) is 38.8 Å². The average molecular weight is 428 g/mol. The number of hydrogen-bond acceptors (Lipinski definition) is 8. The highest BCUT2D eigenvalue weighted by Gasteiger charge is 2.23. The zero-order valence-corrected chi connectivity index (χ0v) is 17.7. The highest BCUT2D eigenvalue weighted by atomic mass is 16.7. The summed E-state index contributed by atoms with van der Waals surface area (Å²) in [6.45, 7) is 6.23. The molecule has 0 amide bonds. The highest BCUT2D eigenvalue weighted by molar-refractivity contribution is 5.95. The average Bonchev–Trinajstić information content (AvgIpc) is 3.26. The predicted molar refractivity (Wildman–Crippen MR) is 115 cm³/mol. The van der Waals surface area contributed by atoms with Gasteiger partial charge in [-0.3, -0.25) is 4.90 Å². The zero-order valence-electron chi connectivity index (χ0n) is 17.7. The molecule has 0 aromatic heterocycles. The van der Waals surface area contributed by atoms with E-state index in [2.05, 4.69) is 9.80 Å². The Balaban J connectivity index is 1.25. The Morgan fingerprint density at radius 3 is 2.68 bits per heavy atom. The van der Waals surface area contributed by atoms with Gasteiger partial charge in [0.15, 0.2) is 11.5 Å². The van der Waals surface area contributed by atoms with Gasteiger partial charge in [0.2, 0.25) is 6.79 Å². The molecule has 2 aromatic rings. The van der Waals surface area contributed by atoms with Gasteiger partial charge in [0.05, 0.1) is 17.9 Å². The van der Waals surface area contributed by atoms with E-state index >= 15 is 0 Å². The first-order valence-corrected chi connectivity index (χ1v) is 10.6. The SMILES string of the molecule is CCOC(=O)c1ccccc1N1CCN(CC(O)COc2ccc3c(c2)OCO3)CC1. The Bertz CT molecular complexity index is 897. The number of piperazine rings is 1. The number of para-hydroxylation sites is 1. The number of carbonyl (C=O) groups is 1. The summed E-state index contributed by atoms with van der Waals surface area (Å²) in [5, 5.41) is 10.4. The third kappa shape index (κ3) is 5.21. The van der Waals surface area contributed by atoms with Crippen LogP contribution in [0.3, 0.4) is 0 Å². The molecule has 0 spiro atoms. The molecule has 166 valence electrons. The number of esters is 1. The maximum Gasteiger partial charge on any atom is 0.340 e. The first kappa shape index (κ1) is 21.3. The lowest BCUT2D eigenvalue weighted by Crippen LogP contribution is -2.49. The third-order valence-electron chi connectivity index (χ3n) is 5.37. The van der Waals surface area contributed by atoms with Crippen LogP contribution in [0.1, 0.15) is 17.3 Å². The molecule has 0 radical (unpaired) electrons. The largest absolute Gasteiger partial charge is 0.491 e. The number of carbonyl (C=O) groups excluding carboxylic acids is 1. The van der Waals surface area contributed by atoms with Crippen molar-refractivity contribution in [3.8, 4) is 17.2 Å². The molecule has 1 atom stereocenters. The Kier molecular flexibility index (Phi) is 6.79. The summed E-state index contributed by atoms with van der Waals surface area (Å²) in [5.41, 5.74) is 1.49. The van der Waals surface area contributed by atoms with Gasteiger partial charge in [-0.15, -0.1) is 0 Å². The minimum atomic E-state index is -0.608. The number of benzene rings is 2. The second-order valence-electron chi connectivity index (χ2n) is 7.51. The molecule has 1 N–H and O–H groups in total. The summed E-state index contributed by atoms with van der Waals surface area (Å²) < 4.78 is 21.5. The molecule has 8 nitrogen and oxygen atoms in total. The first-order chi connectivity index (χ1) is 15.1. The van der Waals surface area contributed by atoms with Gasteiger partial charge in [-0.25, -0.2) is 4.79 Å². The van der Waals surface area contributed by atoms with Crippen LogP contribution in [0, 0.1) is 0 Å². The van der Waals surface area contributed by atoms with Crippen LogP contribution in [0.25, 0.3) is 0 Å². The second-order valence-corrected chi connectivity index (χ2v) is 7.51. The number of rotatable bonds is 8. The van der Waals surface area contributed by atoms with Crippen LogP contribution < -0.4 is 19.1 Å². The number of aliphatic hydroxyl groups excluding tert-OH is 1. The van der Waals surface area contributed by atoms with Gasteiger partial charge in [-0.1, -0.05) is 12.1 Å². The fourth-order valence-electron chi connectivity index (χ4n) is 3.81. The molecule has 1 fully saturated rings. The van der Waals surface area contributed by atoms with E-state index < -0.39 is 6.10 Å². The monoisotopic (exact) mass is 428 g/mol. The van der Waals surface area contributed by atoms with Gasteiger partial charge in [-0.05, 0) is 31.2 Å². The summed E-state index contributed by atoms with van der Waals surface area (Å²) in [7, 11) is 0. The number of β-amino-alcohol motifs (C(OH)–C–C–N with tert-alkyl or cyclic N) is 1. The van der Waals surface area contributed by atoms with E-state index in [-0.39, 0.29) is 19.4 Å². The molecule has 2 aromatic carbocycles. The van der Waals surface area contributed by atoms with Crippen LogP contribution in [0.15, 0.2) is 42.5 Å². The quantitative estimate of drug-likeness (QED) is 0.641. The second kappa shape index (κ2) is 9.89. The Morgan fingerprint density at radius 1 is 1.10 bits per heavy atom. The van der Waals surface area contributed by atoms with Crippen LogP contribution >= 0.6 is 0 Å². The fraction of sp³-hybridized carbons (Fsp3) is 0.435. The minimum absolute atomic E-state index is 0.200. The summed E-state index contributed by atoms with van der Waals surface area (Å²) in [6, 6.07) is 12.9. The van der Waals surface area contributed by atoms with Gasteiger partial charge in [0.1, 0.15) is 18.5 Å². The molecule has 2 aliphatic heterocycles. The molecule has 31 heavy (non-hydrogen) atoms. The number of anilines is 1. The molecule has 2 heterocycles. The van der Waals surface area contributed by atoms with Crippen molar-refractivity contribution in [2.45, 2.75) is 13.0 Å². The van der Waals surface area contributed by atoms with Crippen LogP contribution in [0.5, 0.6) is 17.2 Å². The highest BCUT2D eigenvalue weighted by Crippen LogP contribution is 2.35. The molecule has 1 unspecified atom stereocenters. The Labute approximate surface area is 181 Å². The topological polar surface area (TPSA) is 80.7 Å². The zero-order chi connectivity index (χ0) is 21.6. The lowest BCUT2D eigenvalue weighted by molar-refractivity contribution is 0.0526. The number of fused-ring (bicyclic) bond motifs is 1. The lowest BCUT2D eigenvalue weighted by Gasteiger charge is -2.37. The number of hydrogen-bond donors (Lipinski definition) is 1. The summed E-state index contributed by atoms with van der Waals surface area (Å²) in [4.78, 5) is 16.6. The Hall–Kier alpha value is -2.97. The van der Waals surface area contributed by atoms with Crippen molar-refractivity contribution in [1.29, 1.82) is 0 Å². The number of aliphatic hydroxyl groups is 1. The van der Waals surface area contributed by atoms with Crippen molar-refractivity contribution < 1.29 is 28.8 Å². The maximum atomic E-state index is 12.2. The van der Waals surface area contributed by atoms with Crippen molar-refractivity contribution >= 4 is 11.7 Å². The maximum absolute atomic E-state index is 12.2. The van der Waals surface area contributed by atoms with Crippen LogP contribution in [-0.4, -0.2) is 74.8 Å². The Morgan fingerprint density at radius 2 is 1.87 bits per heavy atom. The number of nitrogens with zero attached hydrogens (tertiary/aromatic N) is 2. The molecule has 2 aliphatic rings. The van der Waals surface area contributed by atoms with Crippen LogP contribution in [0.2, 0.25) is 0 Å². The summed E-state index contributed by atoms with van der Waals surface area (Å²) in [5.74, 6) is 1.71. The van der Waals surface area contributed by atoms with Gasteiger partial charge in [0.25, 0.3) is 0 Å². The lowest BCUT2D eigenvalue weighted by atomic mass is 10.1. The number of ether oxygens (including phenoxy) is 4. The van der Waals surface area contributed by atoms with Gasteiger partial charge >= 0.3 is 5.97 Å². The van der Waals surface area contributed by atoms with E-state index in [1.165, 1.54) is 0 Å². The van der Waals surface area contributed by atoms with E-state index in [0.29, 0.717) is 36.0 Å². The van der Waals surface area contributed by atoms with Gasteiger partial charge in [-0.2, -0.15) is 0 Å². The first-order valence-electron chi connectivity index (χ1n) is 10.6. The molecule has 0 bridgehead atoms. The molecule has 8 heteroatoms. The van der Waals surface area contributed by atoms with Crippen molar-refractivity contribution in [2.75, 3.05) is 57.6 Å². The van der Waals surface area contributed by atoms with Crippen LogP contribution in [0.4, 0.5) is 5.69 Å². The fourth-order valence-corrected chi connectivity index (χ4v) is 3.81. The van der Waals surface area contributed by atoms with Gasteiger partial charge < -0.3 is 29.0 Å².